The van der Waals surface area contributed by atoms with Gasteiger partial charge in [-0.3, -0.25) is 0 Å². The molecule has 0 fully saturated rings. The van der Waals surface area contributed by atoms with Crippen LogP contribution in [0.5, 0.6) is 6.01 Å². The van der Waals surface area contributed by atoms with Gasteiger partial charge in [-0.05, 0) is 35.6 Å². The van der Waals surface area contributed by atoms with Gasteiger partial charge < -0.3 is 9.72 Å². The lowest BCUT2D eigenvalue weighted by molar-refractivity contribution is 0.174. The first-order valence-corrected chi connectivity index (χ1v) is 10.7. The molecule has 0 bridgehead atoms. The molecule has 2 aromatic heterocycles. The van der Waals surface area contributed by atoms with Crippen LogP contribution in [0.15, 0.2) is 72.3 Å². The number of fused-ring (bicyclic) bond motifs is 1. The van der Waals surface area contributed by atoms with E-state index in [1.54, 1.807) is 0 Å². The van der Waals surface area contributed by atoms with Crippen molar-refractivity contribution in [3.63, 3.8) is 0 Å². The molecule has 156 valence electrons. The van der Waals surface area contributed by atoms with Gasteiger partial charge in [-0.1, -0.05) is 72.3 Å². The molecule has 2 aromatic carbocycles. The summed E-state index contributed by atoms with van der Waals surface area (Å²) in [5.41, 5.74) is 6.02. The van der Waals surface area contributed by atoms with Crippen molar-refractivity contribution in [3.05, 3.63) is 77.3 Å². The third-order valence-electron chi connectivity index (χ3n) is 5.58. The maximum absolute atomic E-state index is 12.7. The fraction of sp³-hybridized carbons (Fsp3) is 0.200. The van der Waals surface area contributed by atoms with E-state index in [1.807, 2.05) is 42.5 Å². The summed E-state index contributed by atoms with van der Waals surface area (Å²) in [5.74, 6) is 0. The van der Waals surface area contributed by atoms with E-state index in [0.717, 1.165) is 34.2 Å². The molecular weight excluding hydrogens is 413 g/mol. The number of aromatic amines is 1. The van der Waals surface area contributed by atoms with Crippen LogP contribution >= 0.6 is 11.6 Å². The standard InChI is InChI=1S/C25H21ClFN3O/c26-21-14-22-24(30-25(28-22)31-20-12-6-16(15-27)7-13-20)29-23(21)19-10-8-18(9-11-19)17-4-2-1-3-5-17/h1-6,8-11,14,20H,7,12-13,15H2,(H,28,29,30)/t20-/m0/s1. The Labute approximate surface area is 184 Å². The molecule has 31 heavy (non-hydrogen) atoms. The van der Waals surface area contributed by atoms with Crippen LogP contribution in [-0.2, 0) is 0 Å². The van der Waals surface area contributed by atoms with Gasteiger partial charge in [-0.25, -0.2) is 9.37 Å². The number of allylic oxidation sites excluding steroid dienone is 1. The number of halogens is 2. The molecule has 0 saturated heterocycles. The minimum Gasteiger partial charge on any atom is -0.461 e. The summed E-state index contributed by atoms with van der Waals surface area (Å²) in [6.45, 7) is -0.380. The molecule has 2 heterocycles. The molecule has 0 saturated carbocycles. The number of nitrogens with one attached hydrogen (secondary N) is 1. The Kier molecular flexibility index (Phi) is 5.43. The molecule has 0 aliphatic heterocycles. The quantitative estimate of drug-likeness (QED) is 0.353. The van der Waals surface area contributed by atoms with Crippen molar-refractivity contribution in [1.82, 2.24) is 15.0 Å². The number of rotatable bonds is 5. The second kappa shape index (κ2) is 8.52. The molecule has 0 amide bonds. The van der Waals surface area contributed by atoms with Gasteiger partial charge in [0.15, 0.2) is 5.65 Å². The number of benzene rings is 2. The Morgan fingerprint density at radius 3 is 2.45 bits per heavy atom. The van der Waals surface area contributed by atoms with Crippen molar-refractivity contribution < 1.29 is 9.13 Å². The van der Waals surface area contributed by atoms with Crippen molar-refractivity contribution in [1.29, 1.82) is 0 Å². The van der Waals surface area contributed by atoms with Crippen LogP contribution in [0.4, 0.5) is 4.39 Å². The second-order valence-electron chi connectivity index (χ2n) is 7.69. The second-order valence-corrected chi connectivity index (χ2v) is 8.09. The highest BCUT2D eigenvalue weighted by Crippen LogP contribution is 2.31. The van der Waals surface area contributed by atoms with Gasteiger partial charge in [-0.15, -0.1) is 0 Å². The van der Waals surface area contributed by atoms with E-state index in [2.05, 4.69) is 39.2 Å². The third-order valence-corrected chi connectivity index (χ3v) is 5.87. The summed E-state index contributed by atoms with van der Waals surface area (Å²) < 4.78 is 18.7. The summed E-state index contributed by atoms with van der Waals surface area (Å²) in [5, 5.41) is 0.545. The van der Waals surface area contributed by atoms with Crippen LogP contribution in [0.3, 0.4) is 0 Å². The van der Waals surface area contributed by atoms with Crippen LogP contribution < -0.4 is 4.74 Å². The number of nitrogens with zero attached hydrogens (tertiary/aromatic N) is 2. The van der Waals surface area contributed by atoms with Gasteiger partial charge in [0.25, 0.3) is 6.01 Å². The average Bonchev–Trinajstić information content (AvgIpc) is 3.20. The van der Waals surface area contributed by atoms with Gasteiger partial charge in [0.2, 0.25) is 0 Å². The highest BCUT2D eigenvalue weighted by atomic mass is 35.5. The van der Waals surface area contributed by atoms with Gasteiger partial charge in [0, 0.05) is 12.0 Å². The highest BCUT2D eigenvalue weighted by Gasteiger charge is 2.18. The minimum atomic E-state index is -0.380. The molecule has 1 aliphatic carbocycles. The lowest BCUT2D eigenvalue weighted by atomic mass is 9.98. The summed E-state index contributed by atoms with van der Waals surface area (Å²) >= 11 is 6.53. The van der Waals surface area contributed by atoms with Crippen molar-refractivity contribution in [3.8, 4) is 28.4 Å². The normalized spacial score (nSPS) is 16.3. The van der Waals surface area contributed by atoms with Gasteiger partial charge in [0.05, 0.1) is 16.2 Å². The maximum Gasteiger partial charge on any atom is 0.296 e. The number of pyridine rings is 1. The van der Waals surface area contributed by atoms with Crippen LogP contribution in [-0.4, -0.2) is 27.7 Å². The largest absolute Gasteiger partial charge is 0.461 e. The van der Waals surface area contributed by atoms with Crippen LogP contribution in [0.25, 0.3) is 33.5 Å². The lowest BCUT2D eigenvalue weighted by Gasteiger charge is -2.20. The molecule has 0 spiro atoms. The summed E-state index contributed by atoms with van der Waals surface area (Å²) in [4.78, 5) is 12.3. The number of imidazole rings is 1. The third kappa shape index (κ3) is 4.19. The average molecular weight is 434 g/mol. The predicted octanol–water partition coefficient (Wildman–Crippen LogP) is 6.77. The summed E-state index contributed by atoms with van der Waals surface area (Å²) in [6.07, 6.45) is 4.08. The zero-order valence-electron chi connectivity index (χ0n) is 16.8. The molecule has 0 unspecified atom stereocenters. The zero-order chi connectivity index (χ0) is 21.2. The van der Waals surface area contributed by atoms with Crippen molar-refractivity contribution >= 4 is 22.8 Å². The lowest BCUT2D eigenvalue weighted by Crippen LogP contribution is -2.20. The number of ether oxygens (including phenoxy) is 1. The predicted molar refractivity (Wildman–Crippen MR) is 122 cm³/mol. The Bertz CT molecular complexity index is 1240. The minimum absolute atomic E-state index is 0.0173. The van der Waals surface area contributed by atoms with E-state index in [9.17, 15) is 4.39 Å². The Morgan fingerprint density at radius 1 is 1.00 bits per heavy atom. The molecule has 5 rings (SSSR count). The van der Waals surface area contributed by atoms with Crippen molar-refractivity contribution in [2.75, 3.05) is 6.67 Å². The van der Waals surface area contributed by atoms with E-state index in [-0.39, 0.29) is 12.8 Å². The fourth-order valence-corrected chi connectivity index (χ4v) is 4.12. The first-order chi connectivity index (χ1) is 15.2. The molecule has 4 nitrogen and oxygen atoms in total. The molecule has 1 aliphatic rings. The van der Waals surface area contributed by atoms with Crippen molar-refractivity contribution in [2.45, 2.75) is 25.4 Å². The molecule has 4 aromatic rings. The first-order valence-electron chi connectivity index (χ1n) is 10.3. The number of alkyl halides is 1. The Morgan fingerprint density at radius 2 is 1.74 bits per heavy atom. The molecule has 6 heteroatoms. The molecule has 1 N–H and O–H groups in total. The number of aromatic nitrogens is 3. The topological polar surface area (TPSA) is 50.8 Å². The van der Waals surface area contributed by atoms with Crippen LogP contribution in [0.1, 0.15) is 19.3 Å². The molecule has 0 radical (unpaired) electrons. The van der Waals surface area contributed by atoms with E-state index in [1.165, 1.54) is 0 Å². The highest BCUT2D eigenvalue weighted by molar-refractivity contribution is 6.33. The van der Waals surface area contributed by atoms with E-state index in [0.29, 0.717) is 35.2 Å². The monoisotopic (exact) mass is 433 g/mol. The maximum atomic E-state index is 12.7. The van der Waals surface area contributed by atoms with Crippen LogP contribution in [0.2, 0.25) is 5.02 Å². The van der Waals surface area contributed by atoms with Gasteiger partial charge in [0.1, 0.15) is 12.8 Å². The fourth-order valence-electron chi connectivity index (χ4n) is 3.86. The van der Waals surface area contributed by atoms with E-state index < -0.39 is 0 Å². The number of H-pyrrole nitrogens is 1. The summed E-state index contributed by atoms with van der Waals surface area (Å²) in [6, 6.07) is 20.6. The zero-order valence-corrected chi connectivity index (χ0v) is 17.6. The van der Waals surface area contributed by atoms with Gasteiger partial charge >= 0.3 is 0 Å². The van der Waals surface area contributed by atoms with Crippen LogP contribution in [0, 0.1) is 0 Å². The van der Waals surface area contributed by atoms with E-state index >= 15 is 0 Å². The van der Waals surface area contributed by atoms with E-state index in [4.69, 9.17) is 16.3 Å². The Hall–Kier alpha value is -3.18. The number of hydrogen-bond acceptors (Lipinski definition) is 3. The smallest absolute Gasteiger partial charge is 0.296 e. The molecule has 1 atom stereocenters. The Balaban J connectivity index is 1.39. The SMILES string of the molecule is FCC1=CC[C@H](Oc2nc3nc(-c4ccc(-c5ccccc5)cc4)c(Cl)cc3[nH]2)CC1. The van der Waals surface area contributed by atoms with Gasteiger partial charge in [-0.2, -0.15) is 4.98 Å². The number of hydrogen-bond donors (Lipinski definition) is 1. The molecular formula is C25H21ClFN3O. The first kappa shape index (κ1) is 19.8. The van der Waals surface area contributed by atoms with Crippen molar-refractivity contribution in [2.24, 2.45) is 0 Å². The summed E-state index contributed by atoms with van der Waals surface area (Å²) in [7, 11) is 0.